The van der Waals surface area contributed by atoms with Crippen LogP contribution in [-0.2, 0) is 4.79 Å². The maximum Gasteiger partial charge on any atom is 0.320 e. The van der Waals surface area contributed by atoms with Crippen LogP contribution in [0.1, 0.15) is 13.8 Å². The van der Waals surface area contributed by atoms with E-state index in [0.717, 1.165) is 0 Å². The summed E-state index contributed by atoms with van der Waals surface area (Å²) in [5, 5.41) is 8.63. The van der Waals surface area contributed by atoms with Crippen molar-refractivity contribution in [1.29, 1.82) is 0 Å². The fourth-order valence-electron chi connectivity index (χ4n) is 1.49. The molecule has 2 amide bonds. The molecule has 5 heteroatoms. The van der Waals surface area contributed by atoms with Crippen LogP contribution in [-0.4, -0.2) is 53.1 Å². The van der Waals surface area contributed by atoms with Crippen molar-refractivity contribution >= 4 is 12.0 Å². The lowest BCUT2D eigenvalue weighted by atomic mass is 10.0. The zero-order chi connectivity index (χ0) is 10.7. The first-order valence-electron chi connectivity index (χ1n) is 4.86. The summed E-state index contributed by atoms with van der Waals surface area (Å²) in [5.41, 5.74) is 0. The first-order valence-corrected chi connectivity index (χ1v) is 4.86. The summed E-state index contributed by atoms with van der Waals surface area (Å²) in [6, 6.07) is -0.0486. The molecule has 0 spiro atoms. The molecular formula is C9H16N2O3. The highest BCUT2D eigenvalue weighted by atomic mass is 16.4. The molecule has 0 aromatic rings. The molecule has 1 aliphatic rings. The highest BCUT2D eigenvalue weighted by molar-refractivity contribution is 5.79. The third-order valence-electron chi connectivity index (χ3n) is 2.54. The summed E-state index contributed by atoms with van der Waals surface area (Å²) >= 11 is 0. The number of aliphatic carboxylic acids is 1. The third kappa shape index (κ3) is 1.97. The van der Waals surface area contributed by atoms with Gasteiger partial charge in [-0.2, -0.15) is 0 Å². The van der Waals surface area contributed by atoms with E-state index in [1.165, 1.54) is 0 Å². The van der Waals surface area contributed by atoms with Gasteiger partial charge < -0.3 is 14.9 Å². The number of hydrogen-bond acceptors (Lipinski definition) is 2. The van der Waals surface area contributed by atoms with Gasteiger partial charge in [-0.1, -0.05) is 0 Å². The van der Waals surface area contributed by atoms with Gasteiger partial charge in [-0.3, -0.25) is 4.79 Å². The van der Waals surface area contributed by atoms with Gasteiger partial charge in [-0.15, -0.1) is 0 Å². The zero-order valence-electron chi connectivity index (χ0n) is 8.56. The predicted octanol–water partition coefficient (Wildman–Crippen LogP) is 0.465. The number of rotatable bonds is 3. The molecule has 5 nitrogen and oxygen atoms in total. The Hall–Kier alpha value is -1.26. The molecule has 1 fully saturated rings. The molecule has 14 heavy (non-hydrogen) atoms. The standard InChI is InChI=1S/C9H16N2O3/c1-3-10(4-2)9(14)11-5-7(6-11)8(12)13/h7H,3-6H2,1-2H3,(H,12,13). The Labute approximate surface area is 83.3 Å². The van der Waals surface area contributed by atoms with Gasteiger partial charge in [0.15, 0.2) is 0 Å². The average Bonchev–Trinajstić information content (AvgIpc) is 2.02. The molecule has 0 aliphatic carbocycles. The van der Waals surface area contributed by atoms with E-state index in [2.05, 4.69) is 0 Å². The van der Waals surface area contributed by atoms with Crippen molar-refractivity contribution in [3.05, 3.63) is 0 Å². The number of carboxylic acids is 1. The number of urea groups is 1. The average molecular weight is 200 g/mol. The summed E-state index contributed by atoms with van der Waals surface area (Å²) in [6.07, 6.45) is 0. The zero-order valence-corrected chi connectivity index (χ0v) is 8.56. The molecule has 1 aliphatic heterocycles. The molecule has 0 radical (unpaired) electrons. The molecule has 1 N–H and O–H groups in total. The van der Waals surface area contributed by atoms with Crippen molar-refractivity contribution in [3.8, 4) is 0 Å². The van der Waals surface area contributed by atoms with Crippen molar-refractivity contribution in [2.45, 2.75) is 13.8 Å². The minimum atomic E-state index is -0.811. The van der Waals surface area contributed by atoms with E-state index in [0.29, 0.717) is 26.2 Å². The highest BCUT2D eigenvalue weighted by Gasteiger charge is 2.36. The summed E-state index contributed by atoms with van der Waals surface area (Å²) in [5.74, 6) is -1.18. The molecular weight excluding hydrogens is 184 g/mol. The van der Waals surface area contributed by atoms with Crippen molar-refractivity contribution < 1.29 is 14.7 Å². The van der Waals surface area contributed by atoms with E-state index in [4.69, 9.17) is 5.11 Å². The first-order chi connectivity index (χ1) is 6.60. The van der Waals surface area contributed by atoms with Crippen LogP contribution in [0.25, 0.3) is 0 Å². The Bertz CT molecular complexity index is 232. The number of carbonyl (C=O) groups excluding carboxylic acids is 1. The van der Waals surface area contributed by atoms with Crippen LogP contribution >= 0.6 is 0 Å². The van der Waals surface area contributed by atoms with E-state index in [1.807, 2.05) is 13.8 Å². The van der Waals surface area contributed by atoms with Crippen LogP contribution in [0.4, 0.5) is 4.79 Å². The van der Waals surface area contributed by atoms with Crippen LogP contribution in [0.2, 0.25) is 0 Å². The second-order valence-corrected chi connectivity index (χ2v) is 3.40. The van der Waals surface area contributed by atoms with Crippen LogP contribution in [0, 0.1) is 5.92 Å². The van der Waals surface area contributed by atoms with E-state index < -0.39 is 5.97 Å². The predicted molar refractivity (Wildman–Crippen MR) is 51.0 cm³/mol. The van der Waals surface area contributed by atoms with Gasteiger partial charge in [0.25, 0.3) is 0 Å². The van der Waals surface area contributed by atoms with E-state index in [1.54, 1.807) is 9.80 Å². The SMILES string of the molecule is CCN(CC)C(=O)N1CC(C(=O)O)C1. The Morgan fingerprint density at radius 1 is 1.36 bits per heavy atom. The number of amides is 2. The van der Waals surface area contributed by atoms with E-state index in [9.17, 15) is 9.59 Å². The Morgan fingerprint density at radius 2 is 1.86 bits per heavy atom. The smallest absolute Gasteiger partial charge is 0.320 e. The van der Waals surface area contributed by atoms with Crippen LogP contribution < -0.4 is 0 Å². The number of likely N-dealkylation sites (tertiary alicyclic amines) is 1. The Morgan fingerprint density at radius 3 is 2.21 bits per heavy atom. The first kappa shape index (κ1) is 10.8. The van der Waals surface area contributed by atoms with Gasteiger partial charge >= 0.3 is 12.0 Å². The third-order valence-corrected chi connectivity index (χ3v) is 2.54. The lowest BCUT2D eigenvalue weighted by molar-refractivity contribution is -0.146. The maximum absolute atomic E-state index is 11.6. The normalized spacial score (nSPS) is 16.3. The summed E-state index contributed by atoms with van der Waals surface area (Å²) in [4.78, 5) is 25.4. The lowest BCUT2D eigenvalue weighted by Gasteiger charge is -2.39. The van der Waals surface area contributed by atoms with Gasteiger partial charge in [-0.05, 0) is 13.8 Å². The molecule has 0 aromatic heterocycles. The fraction of sp³-hybridized carbons (Fsp3) is 0.778. The van der Waals surface area contributed by atoms with Gasteiger partial charge in [0.1, 0.15) is 0 Å². The minimum Gasteiger partial charge on any atom is -0.481 e. The van der Waals surface area contributed by atoms with Gasteiger partial charge in [0, 0.05) is 26.2 Å². The molecule has 80 valence electrons. The largest absolute Gasteiger partial charge is 0.481 e. The Balaban J connectivity index is 2.39. The number of carbonyl (C=O) groups is 2. The second kappa shape index (κ2) is 4.30. The molecule has 1 saturated heterocycles. The molecule has 0 aromatic carbocycles. The monoisotopic (exact) mass is 200 g/mol. The van der Waals surface area contributed by atoms with Crippen molar-refractivity contribution in [1.82, 2.24) is 9.80 Å². The molecule has 1 heterocycles. The quantitative estimate of drug-likeness (QED) is 0.720. The van der Waals surface area contributed by atoms with Crippen LogP contribution in [0.15, 0.2) is 0 Å². The summed E-state index contributed by atoms with van der Waals surface area (Å²) in [6.45, 7) is 5.87. The van der Waals surface area contributed by atoms with Crippen molar-refractivity contribution in [3.63, 3.8) is 0 Å². The van der Waals surface area contributed by atoms with Crippen LogP contribution in [0.3, 0.4) is 0 Å². The van der Waals surface area contributed by atoms with Crippen molar-refractivity contribution in [2.75, 3.05) is 26.2 Å². The number of nitrogens with zero attached hydrogens (tertiary/aromatic N) is 2. The topological polar surface area (TPSA) is 60.9 Å². The lowest BCUT2D eigenvalue weighted by Crippen LogP contribution is -2.57. The maximum atomic E-state index is 11.6. The van der Waals surface area contributed by atoms with E-state index in [-0.39, 0.29) is 11.9 Å². The fourth-order valence-corrected chi connectivity index (χ4v) is 1.49. The second-order valence-electron chi connectivity index (χ2n) is 3.40. The van der Waals surface area contributed by atoms with Crippen molar-refractivity contribution in [2.24, 2.45) is 5.92 Å². The molecule has 0 bridgehead atoms. The van der Waals surface area contributed by atoms with Gasteiger partial charge in [0.2, 0.25) is 0 Å². The molecule has 1 rings (SSSR count). The number of hydrogen-bond donors (Lipinski definition) is 1. The highest BCUT2D eigenvalue weighted by Crippen LogP contribution is 2.17. The molecule has 0 unspecified atom stereocenters. The van der Waals surface area contributed by atoms with Gasteiger partial charge in [-0.25, -0.2) is 4.79 Å². The summed E-state index contributed by atoms with van der Waals surface area (Å²) < 4.78 is 0. The minimum absolute atomic E-state index is 0.0486. The number of carboxylic acid groups (broad SMARTS) is 1. The van der Waals surface area contributed by atoms with Gasteiger partial charge in [0.05, 0.1) is 5.92 Å². The van der Waals surface area contributed by atoms with E-state index >= 15 is 0 Å². The molecule has 0 saturated carbocycles. The Kier molecular flexibility index (Phi) is 3.33. The summed E-state index contributed by atoms with van der Waals surface area (Å²) in [7, 11) is 0. The van der Waals surface area contributed by atoms with Crippen LogP contribution in [0.5, 0.6) is 0 Å². The molecule has 0 atom stereocenters.